The van der Waals surface area contributed by atoms with Crippen molar-refractivity contribution in [2.75, 3.05) is 19.7 Å². The number of aromatic nitrogens is 1. The SMILES string of the molecule is Cc1c(COc2ccc3c(n2)CCN(CCO)C3)cccc1-c1ccccc1F. The van der Waals surface area contributed by atoms with Crippen LogP contribution in [0.1, 0.15) is 22.4 Å². The highest BCUT2D eigenvalue weighted by molar-refractivity contribution is 5.69. The Labute approximate surface area is 170 Å². The minimum Gasteiger partial charge on any atom is -0.473 e. The largest absolute Gasteiger partial charge is 0.473 e. The molecule has 0 amide bonds. The maximum atomic E-state index is 14.2. The van der Waals surface area contributed by atoms with Gasteiger partial charge in [0.25, 0.3) is 0 Å². The van der Waals surface area contributed by atoms with E-state index in [4.69, 9.17) is 9.84 Å². The smallest absolute Gasteiger partial charge is 0.213 e. The molecule has 0 unspecified atom stereocenters. The molecule has 0 bridgehead atoms. The number of aliphatic hydroxyl groups is 1. The van der Waals surface area contributed by atoms with Gasteiger partial charge < -0.3 is 9.84 Å². The minimum absolute atomic E-state index is 0.176. The molecule has 0 spiro atoms. The topological polar surface area (TPSA) is 45.6 Å². The molecule has 5 heteroatoms. The first-order chi connectivity index (χ1) is 14.2. The van der Waals surface area contributed by atoms with E-state index in [9.17, 15) is 4.39 Å². The van der Waals surface area contributed by atoms with Gasteiger partial charge in [0.05, 0.1) is 12.3 Å². The fourth-order valence-electron chi connectivity index (χ4n) is 3.83. The van der Waals surface area contributed by atoms with Crippen LogP contribution in [0.15, 0.2) is 54.6 Å². The summed E-state index contributed by atoms with van der Waals surface area (Å²) in [5.74, 6) is 0.385. The monoisotopic (exact) mass is 392 g/mol. The molecule has 0 aliphatic carbocycles. The number of fused-ring (bicyclic) bond motifs is 1. The number of β-amino-alcohol motifs (C(OH)–C–C–N with tert-alkyl or cyclic N) is 1. The van der Waals surface area contributed by atoms with Crippen LogP contribution in [0.3, 0.4) is 0 Å². The minimum atomic E-state index is -0.222. The molecule has 3 aromatic rings. The van der Waals surface area contributed by atoms with Gasteiger partial charge in [-0.3, -0.25) is 4.90 Å². The van der Waals surface area contributed by atoms with E-state index in [0.29, 0.717) is 24.6 Å². The second kappa shape index (κ2) is 8.72. The van der Waals surface area contributed by atoms with Crippen LogP contribution >= 0.6 is 0 Å². The number of rotatable bonds is 6. The van der Waals surface area contributed by atoms with Gasteiger partial charge in [0.1, 0.15) is 12.4 Å². The first kappa shape index (κ1) is 19.6. The van der Waals surface area contributed by atoms with E-state index in [0.717, 1.165) is 41.9 Å². The second-order valence-corrected chi connectivity index (χ2v) is 7.36. The van der Waals surface area contributed by atoms with Crippen molar-refractivity contribution in [2.24, 2.45) is 0 Å². The van der Waals surface area contributed by atoms with Gasteiger partial charge in [-0.05, 0) is 35.2 Å². The summed E-state index contributed by atoms with van der Waals surface area (Å²) < 4.78 is 20.2. The average molecular weight is 392 g/mol. The van der Waals surface area contributed by atoms with Crippen molar-refractivity contribution in [3.05, 3.63) is 82.8 Å². The molecule has 0 atom stereocenters. The van der Waals surface area contributed by atoms with Crippen LogP contribution in [0.4, 0.5) is 4.39 Å². The zero-order valence-electron chi connectivity index (χ0n) is 16.6. The third-order valence-corrected chi connectivity index (χ3v) is 5.50. The summed E-state index contributed by atoms with van der Waals surface area (Å²) in [7, 11) is 0. The van der Waals surface area contributed by atoms with Crippen LogP contribution in [0.25, 0.3) is 11.1 Å². The van der Waals surface area contributed by atoms with Gasteiger partial charge >= 0.3 is 0 Å². The Bertz CT molecular complexity index is 1010. The Balaban J connectivity index is 1.49. The van der Waals surface area contributed by atoms with Gasteiger partial charge in [0.2, 0.25) is 5.88 Å². The van der Waals surface area contributed by atoms with E-state index in [2.05, 4.69) is 16.0 Å². The van der Waals surface area contributed by atoms with Crippen LogP contribution in [-0.2, 0) is 19.6 Å². The average Bonchev–Trinajstić information content (AvgIpc) is 2.74. The summed E-state index contributed by atoms with van der Waals surface area (Å²) >= 11 is 0. The number of hydrogen-bond donors (Lipinski definition) is 1. The van der Waals surface area contributed by atoms with Gasteiger partial charge in [0.15, 0.2) is 0 Å². The predicted molar refractivity (Wildman–Crippen MR) is 111 cm³/mol. The number of ether oxygens (including phenoxy) is 1. The lowest BCUT2D eigenvalue weighted by Crippen LogP contribution is -2.33. The van der Waals surface area contributed by atoms with E-state index >= 15 is 0 Å². The molecular weight excluding hydrogens is 367 g/mol. The standard InChI is InChI=1S/C24H25FN2O2/c1-17-19(5-4-7-20(17)21-6-2-3-8-22(21)25)16-29-24-10-9-18-15-27(13-14-28)12-11-23(18)26-24/h2-10,28H,11-16H2,1H3. The Kier molecular flexibility index (Phi) is 5.88. The fourth-order valence-corrected chi connectivity index (χ4v) is 3.83. The lowest BCUT2D eigenvalue weighted by Gasteiger charge is -2.27. The zero-order valence-corrected chi connectivity index (χ0v) is 16.6. The molecule has 2 heterocycles. The summed E-state index contributed by atoms with van der Waals surface area (Å²) in [5, 5.41) is 9.12. The Hall–Kier alpha value is -2.76. The zero-order chi connectivity index (χ0) is 20.2. The summed E-state index contributed by atoms with van der Waals surface area (Å²) in [5.41, 5.74) is 5.76. The molecule has 1 N–H and O–H groups in total. The van der Waals surface area contributed by atoms with Gasteiger partial charge in [-0.1, -0.05) is 42.5 Å². The molecule has 0 radical (unpaired) electrons. The maximum Gasteiger partial charge on any atom is 0.213 e. The third kappa shape index (κ3) is 4.31. The van der Waals surface area contributed by atoms with Gasteiger partial charge in [-0.15, -0.1) is 0 Å². The van der Waals surface area contributed by atoms with Crippen molar-refractivity contribution in [2.45, 2.75) is 26.5 Å². The quantitative estimate of drug-likeness (QED) is 0.685. The van der Waals surface area contributed by atoms with Crippen molar-refractivity contribution >= 4 is 0 Å². The van der Waals surface area contributed by atoms with Crippen LogP contribution in [0.5, 0.6) is 5.88 Å². The molecule has 29 heavy (non-hydrogen) atoms. The number of pyridine rings is 1. The molecule has 4 nitrogen and oxygen atoms in total. The van der Waals surface area contributed by atoms with E-state index < -0.39 is 0 Å². The number of hydrogen-bond acceptors (Lipinski definition) is 4. The van der Waals surface area contributed by atoms with Crippen molar-refractivity contribution in [3.63, 3.8) is 0 Å². The normalized spacial score (nSPS) is 13.9. The molecule has 1 aliphatic rings. The van der Waals surface area contributed by atoms with Gasteiger partial charge in [-0.2, -0.15) is 0 Å². The molecular formula is C24H25FN2O2. The summed E-state index contributed by atoms with van der Waals surface area (Å²) in [6.45, 7) is 4.96. The molecule has 0 saturated heterocycles. The number of benzene rings is 2. The molecule has 1 aliphatic heterocycles. The molecule has 150 valence electrons. The highest BCUT2D eigenvalue weighted by Gasteiger charge is 2.17. The predicted octanol–water partition coefficient (Wildman–Crippen LogP) is 4.13. The van der Waals surface area contributed by atoms with E-state index in [1.807, 2.05) is 37.3 Å². The number of aliphatic hydroxyl groups excluding tert-OH is 1. The van der Waals surface area contributed by atoms with Crippen LogP contribution in [0.2, 0.25) is 0 Å². The first-order valence-electron chi connectivity index (χ1n) is 9.94. The summed E-state index contributed by atoms with van der Waals surface area (Å²) in [6, 6.07) is 16.7. The maximum absolute atomic E-state index is 14.2. The lowest BCUT2D eigenvalue weighted by molar-refractivity contribution is 0.183. The van der Waals surface area contributed by atoms with E-state index in [1.54, 1.807) is 12.1 Å². The second-order valence-electron chi connectivity index (χ2n) is 7.36. The Morgan fingerprint density at radius 3 is 2.72 bits per heavy atom. The Morgan fingerprint density at radius 2 is 1.90 bits per heavy atom. The van der Waals surface area contributed by atoms with Crippen molar-refractivity contribution in [3.8, 4) is 17.0 Å². The summed E-state index contributed by atoms with van der Waals surface area (Å²) in [4.78, 5) is 6.90. The van der Waals surface area contributed by atoms with E-state index in [1.165, 1.54) is 11.6 Å². The fraction of sp³-hybridized carbons (Fsp3) is 0.292. The first-order valence-corrected chi connectivity index (χ1v) is 9.94. The molecule has 0 saturated carbocycles. The number of nitrogens with zero attached hydrogens (tertiary/aromatic N) is 2. The molecule has 2 aromatic carbocycles. The summed E-state index contributed by atoms with van der Waals surface area (Å²) in [6.07, 6.45) is 0.855. The number of halogens is 1. The Morgan fingerprint density at radius 1 is 1.07 bits per heavy atom. The van der Waals surface area contributed by atoms with E-state index in [-0.39, 0.29) is 12.4 Å². The van der Waals surface area contributed by atoms with Crippen molar-refractivity contribution < 1.29 is 14.2 Å². The molecule has 4 rings (SSSR count). The van der Waals surface area contributed by atoms with Crippen LogP contribution < -0.4 is 4.74 Å². The van der Waals surface area contributed by atoms with Crippen LogP contribution in [0, 0.1) is 12.7 Å². The molecule has 1 aromatic heterocycles. The lowest BCUT2D eigenvalue weighted by atomic mass is 9.96. The van der Waals surface area contributed by atoms with Crippen molar-refractivity contribution in [1.82, 2.24) is 9.88 Å². The highest BCUT2D eigenvalue weighted by atomic mass is 19.1. The highest BCUT2D eigenvalue weighted by Crippen LogP contribution is 2.28. The van der Waals surface area contributed by atoms with Crippen LogP contribution in [-0.4, -0.2) is 34.7 Å². The van der Waals surface area contributed by atoms with Gasteiger partial charge in [-0.25, -0.2) is 9.37 Å². The third-order valence-electron chi connectivity index (χ3n) is 5.50. The van der Waals surface area contributed by atoms with Crippen molar-refractivity contribution in [1.29, 1.82) is 0 Å². The van der Waals surface area contributed by atoms with Gasteiger partial charge in [0, 0.05) is 37.7 Å². The molecule has 0 fully saturated rings.